The summed E-state index contributed by atoms with van der Waals surface area (Å²) in [6.45, 7) is 3.14. The van der Waals surface area contributed by atoms with Crippen LogP contribution >= 0.6 is 0 Å². The Balaban J connectivity index is 2.47. The van der Waals surface area contributed by atoms with Crippen LogP contribution in [0, 0.1) is 0 Å². The number of hydrogen-bond acceptors (Lipinski definition) is 4. The molecular weight excluding hydrogens is 204 g/mol. The van der Waals surface area contributed by atoms with Crippen molar-refractivity contribution in [3.8, 4) is 17.0 Å². The van der Waals surface area contributed by atoms with Gasteiger partial charge in [-0.3, -0.25) is 0 Å². The zero-order valence-corrected chi connectivity index (χ0v) is 9.09. The van der Waals surface area contributed by atoms with Crippen LogP contribution in [0.4, 0.5) is 0 Å². The fraction of sp³-hybridized carbons (Fsp3) is 0.273. The molecule has 0 spiro atoms. The van der Waals surface area contributed by atoms with Gasteiger partial charge in [0.05, 0.1) is 5.69 Å². The Kier molecular flexibility index (Phi) is 2.87. The van der Waals surface area contributed by atoms with E-state index in [9.17, 15) is 5.11 Å². The van der Waals surface area contributed by atoms with E-state index in [0.717, 1.165) is 23.5 Å². The molecule has 0 radical (unpaired) electrons. The predicted molar refractivity (Wildman–Crippen MR) is 60.7 cm³/mol. The summed E-state index contributed by atoms with van der Waals surface area (Å²) in [5.41, 5.74) is 8.30. The highest BCUT2D eigenvalue weighted by molar-refractivity contribution is 5.62. The highest BCUT2D eigenvalue weighted by Crippen LogP contribution is 2.22. The van der Waals surface area contributed by atoms with Gasteiger partial charge in [-0.2, -0.15) is 0 Å². The van der Waals surface area contributed by atoms with Crippen molar-refractivity contribution < 1.29 is 5.11 Å². The summed E-state index contributed by atoms with van der Waals surface area (Å²) >= 11 is 0. The van der Waals surface area contributed by atoms with Gasteiger partial charge in [0.25, 0.3) is 0 Å². The van der Waals surface area contributed by atoms with E-state index in [0.29, 0.717) is 6.54 Å². The molecule has 1 aromatic heterocycles. The highest BCUT2D eigenvalue weighted by Gasteiger charge is 2.11. The third-order valence-electron chi connectivity index (χ3n) is 2.47. The lowest BCUT2D eigenvalue weighted by atomic mass is 10.1. The zero-order valence-electron chi connectivity index (χ0n) is 9.09. The third-order valence-corrected chi connectivity index (χ3v) is 2.47. The summed E-state index contributed by atoms with van der Waals surface area (Å²) < 4.78 is 1.78. The van der Waals surface area contributed by atoms with Crippen LogP contribution in [0.2, 0.25) is 0 Å². The van der Waals surface area contributed by atoms with E-state index in [1.165, 1.54) is 0 Å². The highest BCUT2D eigenvalue weighted by atomic mass is 16.3. The van der Waals surface area contributed by atoms with Crippen molar-refractivity contribution in [3.63, 3.8) is 0 Å². The molecule has 16 heavy (non-hydrogen) atoms. The van der Waals surface area contributed by atoms with Crippen molar-refractivity contribution in [2.24, 2.45) is 5.73 Å². The Morgan fingerprint density at radius 3 is 2.56 bits per heavy atom. The van der Waals surface area contributed by atoms with Crippen LogP contribution in [-0.2, 0) is 13.1 Å². The molecule has 0 aliphatic heterocycles. The molecule has 0 aliphatic rings. The standard InChI is InChI=1S/C11H14N4O/c1-2-15-10(7-12)11(13-14-15)8-3-5-9(16)6-4-8/h3-6,16H,2,7,12H2,1H3. The van der Waals surface area contributed by atoms with Crippen LogP contribution in [-0.4, -0.2) is 20.1 Å². The maximum Gasteiger partial charge on any atom is 0.117 e. The molecule has 1 heterocycles. The Labute approximate surface area is 93.5 Å². The van der Waals surface area contributed by atoms with Crippen LogP contribution < -0.4 is 5.73 Å². The first kappa shape index (κ1) is 10.6. The molecule has 0 fully saturated rings. The Hall–Kier alpha value is -1.88. The summed E-state index contributed by atoms with van der Waals surface area (Å²) in [6, 6.07) is 6.86. The van der Waals surface area contributed by atoms with Gasteiger partial charge in [-0.05, 0) is 31.2 Å². The van der Waals surface area contributed by atoms with Gasteiger partial charge in [-0.25, -0.2) is 4.68 Å². The summed E-state index contributed by atoms with van der Waals surface area (Å²) in [5, 5.41) is 17.4. The average molecular weight is 218 g/mol. The molecule has 84 valence electrons. The molecular formula is C11H14N4O. The number of nitrogens with zero attached hydrogens (tertiary/aromatic N) is 3. The smallest absolute Gasteiger partial charge is 0.117 e. The Bertz CT molecular complexity index is 475. The maximum absolute atomic E-state index is 9.22. The number of phenolic OH excluding ortho intramolecular Hbond substituents is 1. The molecule has 5 nitrogen and oxygen atoms in total. The minimum atomic E-state index is 0.237. The zero-order chi connectivity index (χ0) is 11.5. The van der Waals surface area contributed by atoms with E-state index >= 15 is 0 Å². The van der Waals surface area contributed by atoms with Crippen molar-refractivity contribution in [1.82, 2.24) is 15.0 Å². The topological polar surface area (TPSA) is 77.0 Å². The summed E-state index contributed by atoms with van der Waals surface area (Å²) in [7, 11) is 0. The molecule has 0 aliphatic carbocycles. The molecule has 2 rings (SSSR count). The SMILES string of the molecule is CCn1nnc(-c2ccc(O)cc2)c1CN. The second-order valence-electron chi connectivity index (χ2n) is 3.45. The van der Waals surface area contributed by atoms with E-state index in [4.69, 9.17) is 5.73 Å². The lowest BCUT2D eigenvalue weighted by Gasteiger charge is -2.03. The lowest BCUT2D eigenvalue weighted by Crippen LogP contribution is -2.08. The maximum atomic E-state index is 9.22. The molecule has 0 amide bonds. The molecule has 1 aromatic carbocycles. The van der Waals surface area contributed by atoms with E-state index in [1.807, 2.05) is 6.92 Å². The Morgan fingerprint density at radius 1 is 1.31 bits per heavy atom. The number of nitrogens with two attached hydrogens (primary N) is 1. The van der Waals surface area contributed by atoms with Crippen molar-refractivity contribution in [2.75, 3.05) is 0 Å². The van der Waals surface area contributed by atoms with Crippen molar-refractivity contribution in [2.45, 2.75) is 20.0 Å². The molecule has 3 N–H and O–H groups in total. The fourth-order valence-corrected chi connectivity index (χ4v) is 1.63. The fourth-order valence-electron chi connectivity index (χ4n) is 1.63. The average Bonchev–Trinajstić information content (AvgIpc) is 2.72. The number of aryl methyl sites for hydroxylation is 1. The molecule has 0 saturated heterocycles. The van der Waals surface area contributed by atoms with Crippen LogP contribution in [0.15, 0.2) is 24.3 Å². The van der Waals surface area contributed by atoms with E-state index in [-0.39, 0.29) is 5.75 Å². The Morgan fingerprint density at radius 2 is 2.00 bits per heavy atom. The van der Waals surface area contributed by atoms with Crippen molar-refractivity contribution in [1.29, 1.82) is 0 Å². The van der Waals surface area contributed by atoms with Crippen molar-refractivity contribution >= 4 is 0 Å². The van der Waals surface area contributed by atoms with E-state index < -0.39 is 0 Å². The number of aromatic nitrogens is 3. The van der Waals surface area contributed by atoms with Gasteiger partial charge in [0.1, 0.15) is 11.4 Å². The number of phenols is 1. The number of hydrogen-bond donors (Lipinski definition) is 2. The van der Waals surface area contributed by atoms with Crippen LogP contribution in [0.5, 0.6) is 5.75 Å². The summed E-state index contributed by atoms with van der Waals surface area (Å²) in [6.07, 6.45) is 0. The van der Waals surface area contributed by atoms with Gasteiger partial charge >= 0.3 is 0 Å². The summed E-state index contributed by atoms with van der Waals surface area (Å²) in [4.78, 5) is 0. The largest absolute Gasteiger partial charge is 0.508 e. The van der Waals surface area contributed by atoms with Gasteiger partial charge in [0.15, 0.2) is 0 Å². The summed E-state index contributed by atoms with van der Waals surface area (Å²) in [5.74, 6) is 0.237. The molecule has 0 unspecified atom stereocenters. The van der Waals surface area contributed by atoms with Crippen LogP contribution in [0.3, 0.4) is 0 Å². The minimum absolute atomic E-state index is 0.237. The normalized spacial score (nSPS) is 10.6. The monoisotopic (exact) mass is 218 g/mol. The second-order valence-corrected chi connectivity index (χ2v) is 3.45. The van der Waals surface area contributed by atoms with Crippen molar-refractivity contribution in [3.05, 3.63) is 30.0 Å². The quantitative estimate of drug-likeness (QED) is 0.809. The minimum Gasteiger partial charge on any atom is -0.508 e. The first-order valence-electron chi connectivity index (χ1n) is 5.18. The van der Waals surface area contributed by atoms with Gasteiger partial charge in [0, 0.05) is 18.7 Å². The molecule has 0 atom stereocenters. The molecule has 0 bridgehead atoms. The van der Waals surface area contributed by atoms with Gasteiger partial charge in [-0.15, -0.1) is 5.10 Å². The third kappa shape index (κ3) is 1.77. The number of aromatic hydroxyl groups is 1. The molecule has 2 aromatic rings. The molecule has 0 saturated carbocycles. The van der Waals surface area contributed by atoms with Crippen LogP contribution in [0.25, 0.3) is 11.3 Å². The number of benzene rings is 1. The first-order chi connectivity index (χ1) is 7.76. The van der Waals surface area contributed by atoms with E-state index in [2.05, 4.69) is 10.3 Å². The van der Waals surface area contributed by atoms with Gasteiger partial charge < -0.3 is 10.8 Å². The van der Waals surface area contributed by atoms with Crippen LogP contribution in [0.1, 0.15) is 12.6 Å². The first-order valence-corrected chi connectivity index (χ1v) is 5.18. The lowest BCUT2D eigenvalue weighted by molar-refractivity contribution is 0.475. The number of rotatable bonds is 3. The van der Waals surface area contributed by atoms with Gasteiger partial charge in [0.2, 0.25) is 0 Å². The second kappa shape index (κ2) is 4.32. The van der Waals surface area contributed by atoms with Gasteiger partial charge in [-0.1, -0.05) is 5.21 Å². The van der Waals surface area contributed by atoms with E-state index in [1.54, 1.807) is 28.9 Å². The predicted octanol–water partition coefficient (Wildman–Crippen LogP) is 1.13. The molecule has 5 heteroatoms.